The van der Waals surface area contributed by atoms with Gasteiger partial charge in [0.25, 0.3) is 11.6 Å². The van der Waals surface area contributed by atoms with Crippen molar-refractivity contribution in [2.45, 2.75) is 31.4 Å². The molecule has 0 atom stereocenters. The topological polar surface area (TPSA) is 105 Å². The van der Waals surface area contributed by atoms with Gasteiger partial charge >= 0.3 is 6.61 Å². The van der Waals surface area contributed by atoms with Crippen LogP contribution >= 0.6 is 0 Å². The van der Waals surface area contributed by atoms with Gasteiger partial charge in [0.1, 0.15) is 11.3 Å². The van der Waals surface area contributed by atoms with Gasteiger partial charge in [0.05, 0.1) is 16.6 Å². The third kappa shape index (κ3) is 3.11. The second kappa shape index (κ2) is 5.93. The third-order valence-electron chi connectivity index (χ3n) is 3.41. The first kappa shape index (κ1) is 15.6. The highest BCUT2D eigenvalue weighted by Crippen LogP contribution is 2.32. The molecule has 0 saturated heterocycles. The number of halogens is 2. The van der Waals surface area contributed by atoms with Gasteiger partial charge in [0, 0.05) is 12.1 Å². The number of nitro benzene ring substituents is 1. The van der Waals surface area contributed by atoms with Crippen LogP contribution in [-0.2, 0) is 0 Å². The molecule has 22 heavy (non-hydrogen) atoms. The van der Waals surface area contributed by atoms with Crippen molar-refractivity contribution in [3.8, 4) is 11.8 Å². The number of carbonyl (C=O) groups is 1. The Kier molecular flexibility index (Phi) is 4.21. The van der Waals surface area contributed by atoms with Crippen LogP contribution in [0.4, 0.5) is 14.5 Å². The summed E-state index contributed by atoms with van der Waals surface area (Å²) in [5, 5.41) is 22.2. The molecule has 1 aromatic carbocycles. The summed E-state index contributed by atoms with van der Waals surface area (Å²) in [5.41, 5.74) is -1.90. The Bertz CT molecular complexity index is 653. The summed E-state index contributed by atoms with van der Waals surface area (Å²) in [6, 6.07) is 4.69. The van der Waals surface area contributed by atoms with Crippen LogP contribution in [0, 0.1) is 21.4 Å². The highest BCUT2D eigenvalue weighted by molar-refractivity contribution is 5.98. The van der Waals surface area contributed by atoms with Crippen molar-refractivity contribution >= 4 is 11.6 Å². The van der Waals surface area contributed by atoms with Crippen LogP contribution in [0.5, 0.6) is 5.75 Å². The normalized spacial score (nSPS) is 15.5. The quantitative estimate of drug-likeness (QED) is 0.664. The average molecular weight is 311 g/mol. The number of benzene rings is 1. The maximum Gasteiger partial charge on any atom is 0.387 e. The number of alkyl halides is 2. The smallest absolute Gasteiger partial charge is 0.387 e. The van der Waals surface area contributed by atoms with Crippen LogP contribution in [0.2, 0.25) is 0 Å². The fourth-order valence-electron chi connectivity index (χ4n) is 2.09. The lowest BCUT2D eigenvalue weighted by atomic mass is 9.78. The summed E-state index contributed by atoms with van der Waals surface area (Å²) < 4.78 is 28.9. The van der Waals surface area contributed by atoms with Gasteiger partial charge in [-0.15, -0.1) is 0 Å². The number of carbonyl (C=O) groups excluding carboxylic acids is 1. The number of nitrogens with zero attached hydrogens (tertiary/aromatic N) is 2. The second-order valence-electron chi connectivity index (χ2n) is 4.82. The number of nitrogens with one attached hydrogen (secondary N) is 1. The largest absolute Gasteiger partial charge is 0.434 e. The first-order chi connectivity index (χ1) is 10.4. The van der Waals surface area contributed by atoms with E-state index in [9.17, 15) is 23.7 Å². The molecular weight excluding hydrogens is 300 g/mol. The molecule has 1 aromatic rings. The fraction of sp³-hybridized carbons (Fsp3) is 0.385. The van der Waals surface area contributed by atoms with Gasteiger partial charge in [0.15, 0.2) is 0 Å². The molecule has 0 aliphatic heterocycles. The Morgan fingerprint density at radius 1 is 1.50 bits per heavy atom. The molecule has 2 rings (SSSR count). The van der Waals surface area contributed by atoms with Crippen LogP contribution in [0.15, 0.2) is 18.2 Å². The maximum atomic E-state index is 12.4. The lowest BCUT2D eigenvalue weighted by Crippen LogP contribution is -2.52. The van der Waals surface area contributed by atoms with Gasteiger partial charge in [0.2, 0.25) is 0 Å². The summed E-state index contributed by atoms with van der Waals surface area (Å²) in [6.07, 6.45) is 1.63. The summed E-state index contributed by atoms with van der Waals surface area (Å²) in [6.45, 7) is -3.18. The van der Waals surface area contributed by atoms with Crippen molar-refractivity contribution in [3.63, 3.8) is 0 Å². The molecule has 9 heteroatoms. The monoisotopic (exact) mass is 311 g/mol. The number of amides is 1. The highest BCUT2D eigenvalue weighted by Gasteiger charge is 2.39. The van der Waals surface area contributed by atoms with Gasteiger partial charge in [-0.2, -0.15) is 14.0 Å². The summed E-state index contributed by atoms with van der Waals surface area (Å²) in [7, 11) is 0. The van der Waals surface area contributed by atoms with E-state index >= 15 is 0 Å². The van der Waals surface area contributed by atoms with Crippen molar-refractivity contribution in [1.82, 2.24) is 5.32 Å². The van der Waals surface area contributed by atoms with Crippen LogP contribution in [0.1, 0.15) is 29.6 Å². The van der Waals surface area contributed by atoms with Gasteiger partial charge in [-0.25, -0.2) is 0 Å². The Hall–Kier alpha value is -2.76. The predicted molar refractivity (Wildman–Crippen MR) is 69.4 cm³/mol. The molecular formula is C13H11F2N3O4. The van der Waals surface area contributed by atoms with E-state index < -0.39 is 40.0 Å². The van der Waals surface area contributed by atoms with Crippen LogP contribution in [-0.4, -0.2) is 23.0 Å². The Balaban J connectivity index is 2.33. The minimum atomic E-state index is -3.18. The Labute approximate surface area is 123 Å². The number of non-ortho nitro benzene ring substituents is 1. The Morgan fingerprint density at radius 2 is 2.18 bits per heavy atom. The van der Waals surface area contributed by atoms with Gasteiger partial charge in [-0.1, -0.05) is 0 Å². The van der Waals surface area contributed by atoms with E-state index in [2.05, 4.69) is 10.1 Å². The zero-order chi connectivity index (χ0) is 16.3. The number of hydrogen-bond acceptors (Lipinski definition) is 5. The molecule has 1 N–H and O–H groups in total. The number of nitriles is 1. The van der Waals surface area contributed by atoms with Crippen LogP contribution in [0.3, 0.4) is 0 Å². The zero-order valence-corrected chi connectivity index (χ0v) is 11.2. The van der Waals surface area contributed by atoms with Gasteiger partial charge in [-0.3, -0.25) is 14.9 Å². The highest BCUT2D eigenvalue weighted by atomic mass is 19.3. The molecule has 0 spiro atoms. The van der Waals surface area contributed by atoms with E-state index in [1.54, 1.807) is 0 Å². The molecule has 1 fully saturated rings. The number of hydrogen-bond donors (Lipinski definition) is 1. The molecule has 0 unspecified atom stereocenters. The molecule has 1 aliphatic carbocycles. The minimum absolute atomic E-state index is 0.406. The van der Waals surface area contributed by atoms with E-state index in [1.807, 2.05) is 6.07 Å². The van der Waals surface area contributed by atoms with E-state index in [0.717, 1.165) is 24.6 Å². The van der Waals surface area contributed by atoms with Crippen molar-refractivity contribution in [2.75, 3.05) is 0 Å². The van der Waals surface area contributed by atoms with E-state index in [-0.39, 0.29) is 0 Å². The van der Waals surface area contributed by atoms with Gasteiger partial charge in [-0.05, 0) is 25.3 Å². The molecule has 0 heterocycles. The molecule has 0 radical (unpaired) electrons. The minimum Gasteiger partial charge on any atom is -0.434 e. The van der Waals surface area contributed by atoms with Crippen molar-refractivity contribution in [3.05, 3.63) is 33.9 Å². The average Bonchev–Trinajstić information content (AvgIpc) is 2.42. The number of rotatable bonds is 5. The molecule has 0 bridgehead atoms. The Morgan fingerprint density at radius 3 is 2.64 bits per heavy atom. The molecule has 116 valence electrons. The van der Waals surface area contributed by atoms with E-state index in [0.29, 0.717) is 12.8 Å². The van der Waals surface area contributed by atoms with Crippen molar-refractivity contribution in [1.29, 1.82) is 5.26 Å². The second-order valence-corrected chi connectivity index (χ2v) is 4.82. The summed E-state index contributed by atoms with van der Waals surface area (Å²) >= 11 is 0. The molecule has 1 amide bonds. The zero-order valence-electron chi connectivity index (χ0n) is 11.2. The SMILES string of the molecule is N#CC1(NC(=O)c2cc([N+](=O)[O-])ccc2OC(F)F)CCC1. The lowest BCUT2D eigenvalue weighted by molar-refractivity contribution is -0.384. The molecule has 1 aliphatic rings. The fourth-order valence-corrected chi connectivity index (χ4v) is 2.09. The molecule has 1 saturated carbocycles. The van der Waals surface area contributed by atoms with Gasteiger partial charge < -0.3 is 10.1 Å². The summed E-state index contributed by atoms with van der Waals surface area (Å²) in [5.74, 6) is -1.34. The number of nitro groups is 1. The van der Waals surface area contributed by atoms with Crippen molar-refractivity contribution in [2.24, 2.45) is 0 Å². The predicted octanol–water partition coefficient (Wildman–Crippen LogP) is 2.37. The number of ether oxygens (including phenoxy) is 1. The maximum absolute atomic E-state index is 12.4. The standard InChI is InChI=1S/C13H11F2N3O4/c14-12(15)22-10-3-2-8(18(20)21)6-9(10)11(19)17-13(7-16)4-1-5-13/h2-3,6,12H,1,4-5H2,(H,17,19). The first-order valence-electron chi connectivity index (χ1n) is 6.34. The van der Waals surface area contributed by atoms with E-state index in [4.69, 9.17) is 5.26 Å². The summed E-state index contributed by atoms with van der Waals surface area (Å²) in [4.78, 5) is 22.2. The van der Waals surface area contributed by atoms with Crippen molar-refractivity contribution < 1.29 is 23.2 Å². The first-order valence-corrected chi connectivity index (χ1v) is 6.34. The van der Waals surface area contributed by atoms with E-state index in [1.165, 1.54) is 0 Å². The third-order valence-corrected chi connectivity index (χ3v) is 3.41. The van der Waals surface area contributed by atoms with Crippen LogP contribution < -0.4 is 10.1 Å². The van der Waals surface area contributed by atoms with Crippen LogP contribution in [0.25, 0.3) is 0 Å². The molecule has 0 aromatic heterocycles. The molecule has 7 nitrogen and oxygen atoms in total. The lowest BCUT2D eigenvalue weighted by Gasteiger charge is -2.35.